The summed E-state index contributed by atoms with van der Waals surface area (Å²) in [5.41, 5.74) is 6.18. The van der Waals surface area contributed by atoms with Crippen molar-refractivity contribution in [3.05, 3.63) is 11.8 Å². The van der Waals surface area contributed by atoms with E-state index in [0.29, 0.717) is 12.4 Å². The Balaban J connectivity index is 2.58. The molecule has 15 heavy (non-hydrogen) atoms. The van der Waals surface area contributed by atoms with E-state index >= 15 is 0 Å². The Hall–Kier alpha value is -1.37. The lowest BCUT2D eigenvalue weighted by molar-refractivity contribution is 0.602. The van der Waals surface area contributed by atoms with Crippen molar-refractivity contribution in [2.75, 3.05) is 29.6 Å². The van der Waals surface area contributed by atoms with Crippen molar-refractivity contribution < 1.29 is 8.42 Å². The Morgan fingerprint density at radius 2 is 2.13 bits per heavy atom. The monoisotopic (exact) mass is 230 g/mol. The van der Waals surface area contributed by atoms with Gasteiger partial charge in [-0.3, -0.25) is 0 Å². The predicted molar refractivity (Wildman–Crippen MR) is 59.4 cm³/mol. The fraction of sp³-hybridized carbons (Fsp3) is 0.500. The summed E-state index contributed by atoms with van der Waals surface area (Å²) < 4.78 is 21.7. The van der Waals surface area contributed by atoms with E-state index in [-0.39, 0.29) is 11.7 Å². The lowest BCUT2D eigenvalue weighted by Gasteiger charge is -2.05. The summed E-state index contributed by atoms with van der Waals surface area (Å²) in [6, 6.07) is 1.71. The Morgan fingerprint density at radius 3 is 2.67 bits per heavy atom. The minimum atomic E-state index is -2.95. The molecular weight excluding hydrogens is 216 g/mol. The van der Waals surface area contributed by atoms with Crippen LogP contribution in [0.25, 0.3) is 0 Å². The number of aromatic nitrogens is 2. The zero-order valence-electron chi connectivity index (χ0n) is 8.69. The maximum absolute atomic E-state index is 10.9. The second-order valence-electron chi connectivity index (χ2n) is 3.31. The second-order valence-corrected chi connectivity index (χ2v) is 5.57. The van der Waals surface area contributed by atoms with Crippen LogP contribution in [0, 0.1) is 6.92 Å². The fourth-order valence-electron chi connectivity index (χ4n) is 1.05. The summed E-state index contributed by atoms with van der Waals surface area (Å²) in [7, 11) is -2.95. The van der Waals surface area contributed by atoms with Crippen LogP contribution in [0.1, 0.15) is 5.69 Å². The molecule has 0 atom stereocenters. The summed E-state index contributed by atoms with van der Waals surface area (Å²) >= 11 is 0. The van der Waals surface area contributed by atoms with Gasteiger partial charge in [0.15, 0.2) is 0 Å². The summed E-state index contributed by atoms with van der Waals surface area (Å²) in [4.78, 5) is 7.81. The molecule has 0 unspecified atom stereocenters. The molecular formula is C8H14N4O2S. The lowest BCUT2D eigenvalue weighted by atomic mass is 10.4. The SMILES string of the molecule is Cc1cc(NCCS(C)(=O)=O)nc(N)n1. The van der Waals surface area contributed by atoms with Gasteiger partial charge in [0.05, 0.1) is 5.75 Å². The number of rotatable bonds is 4. The number of nitrogen functional groups attached to an aromatic ring is 1. The van der Waals surface area contributed by atoms with Crippen molar-refractivity contribution in [1.82, 2.24) is 9.97 Å². The average molecular weight is 230 g/mol. The van der Waals surface area contributed by atoms with E-state index in [1.807, 2.05) is 0 Å². The van der Waals surface area contributed by atoms with Crippen molar-refractivity contribution in [2.45, 2.75) is 6.92 Å². The fourth-order valence-corrected chi connectivity index (χ4v) is 1.52. The zero-order valence-corrected chi connectivity index (χ0v) is 9.50. The molecule has 0 aliphatic carbocycles. The van der Waals surface area contributed by atoms with E-state index in [1.54, 1.807) is 13.0 Å². The van der Waals surface area contributed by atoms with Crippen molar-refractivity contribution in [1.29, 1.82) is 0 Å². The molecule has 0 aliphatic heterocycles. The molecule has 1 aromatic heterocycles. The first kappa shape index (κ1) is 11.7. The van der Waals surface area contributed by atoms with E-state index in [9.17, 15) is 8.42 Å². The van der Waals surface area contributed by atoms with E-state index in [1.165, 1.54) is 6.26 Å². The average Bonchev–Trinajstić information content (AvgIpc) is 1.99. The van der Waals surface area contributed by atoms with Crippen molar-refractivity contribution >= 4 is 21.6 Å². The molecule has 0 saturated heterocycles. The number of nitrogens with two attached hydrogens (primary N) is 1. The van der Waals surface area contributed by atoms with E-state index in [4.69, 9.17) is 5.73 Å². The first-order chi connectivity index (χ1) is 6.87. The highest BCUT2D eigenvalue weighted by atomic mass is 32.2. The highest BCUT2D eigenvalue weighted by molar-refractivity contribution is 7.90. The third-order valence-electron chi connectivity index (χ3n) is 1.65. The van der Waals surface area contributed by atoms with Crippen LogP contribution < -0.4 is 11.1 Å². The van der Waals surface area contributed by atoms with E-state index in [0.717, 1.165) is 5.69 Å². The van der Waals surface area contributed by atoms with Crippen LogP contribution in [0.2, 0.25) is 0 Å². The Labute approximate surface area is 88.8 Å². The van der Waals surface area contributed by atoms with Gasteiger partial charge in [0.1, 0.15) is 15.7 Å². The highest BCUT2D eigenvalue weighted by Crippen LogP contribution is 2.06. The molecule has 0 fully saturated rings. The summed E-state index contributed by atoms with van der Waals surface area (Å²) in [5.74, 6) is 0.788. The molecule has 1 aromatic rings. The Bertz CT molecular complexity index is 424. The van der Waals surface area contributed by atoms with Crippen LogP contribution in [0.5, 0.6) is 0 Å². The second kappa shape index (κ2) is 4.43. The molecule has 0 spiro atoms. The van der Waals surface area contributed by atoms with Crippen LogP contribution in [0.15, 0.2) is 6.07 Å². The molecule has 0 aliphatic rings. The molecule has 0 bridgehead atoms. The number of hydrogen-bond acceptors (Lipinski definition) is 6. The normalized spacial score (nSPS) is 11.3. The minimum Gasteiger partial charge on any atom is -0.369 e. The first-order valence-corrected chi connectivity index (χ1v) is 6.45. The Morgan fingerprint density at radius 1 is 1.47 bits per heavy atom. The van der Waals surface area contributed by atoms with E-state index in [2.05, 4.69) is 15.3 Å². The smallest absolute Gasteiger partial charge is 0.222 e. The summed E-state index contributed by atoms with van der Waals surface area (Å²) in [5, 5.41) is 2.87. The molecule has 7 heteroatoms. The maximum Gasteiger partial charge on any atom is 0.222 e. The number of anilines is 2. The summed E-state index contributed by atoms with van der Waals surface area (Å²) in [6.07, 6.45) is 1.19. The third kappa shape index (κ3) is 4.59. The highest BCUT2D eigenvalue weighted by Gasteiger charge is 2.02. The molecule has 1 heterocycles. The lowest BCUT2D eigenvalue weighted by Crippen LogP contribution is -2.15. The van der Waals surface area contributed by atoms with Crippen LogP contribution >= 0.6 is 0 Å². The standard InChI is InChI=1S/C8H14N4O2S/c1-6-5-7(12-8(9)11-6)10-3-4-15(2,13)14/h5H,3-4H2,1-2H3,(H3,9,10,11,12). The van der Waals surface area contributed by atoms with Crippen molar-refractivity contribution in [3.63, 3.8) is 0 Å². The van der Waals surface area contributed by atoms with Gasteiger partial charge in [0.25, 0.3) is 0 Å². The Kier molecular flexibility index (Phi) is 3.46. The van der Waals surface area contributed by atoms with Gasteiger partial charge in [-0.15, -0.1) is 0 Å². The molecule has 0 amide bonds. The molecule has 1 rings (SSSR count). The van der Waals surface area contributed by atoms with Gasteiger partial charge in [-0.1, -0.05) is 0 Å². The quantitative estimate of drug-likeness (QED) is 0.744. The van der Waals surface area contributed by atoms with Gasteiger partial charge in [0.2, 0.25) is 5.95 Å². The van der Waals surface area contributed by atoms with Crippen LogP contribution in [0.3, 0.4) is 0 Å². The van der Waals surface area contributed by atoms with Crippen molar-refractivity contribution in [2.24, 2.45) is 0 Å². The van der Waals surface area contributed by atoms with Gasteiger partial charge < -0.3 is 11.1 Å². The number of nitrogens with zero attached hydrogens (tertiary/aromatic N) is 2. The first-order valence-electron chi connectivity index (χ1n) is 4.39. The largest absolute Gasteiger partial charge is 0.369 e. The van der Waals surface area contributed by atoms with Crippen LogP contribution in [0.4, 0.5) is 11.8 Å². The van der Waals surface area contributed by atoms with Crippen LogP contribution in [-0.4, -0.2) is 36.9 Å². The summed E-state index contributed by atoms with van der Waals surface area (Å²) in [6.45, 7) is 2.11. The minimum absolute atomic E-state index is 0.0654. The molecule has 3 N–H and O–H groups in total. The molecule has 0 saturated carbocycles. The number of sulfone groups is 1. The molecule has 6 nitrogen and oxygen atoms in total. The van der Waals surface area contributed by atoms with Gasteiger partial charge in [-0.2, -0.15) is 4.98 Å². The number of hydrogen-bond donors (Lipinski definition) is 2. The van der Waals surface area contributed by atoms with E-state index < -0.39 is 9.84 Å². The zero-order chi connectivity index (χ0) is 11.5. The maximum atomic E-state index is 10.9. The number of aryl methyl sites for hydroxylation is 1. The molecule has 0 radical (unpaired) electrons. The predicted octanol–water partition coefficient (Wildman–Crippen LogP) is -0.176. The number of nitrogens with one attached hydrogen (secondary N) is 1. The van der Waals surface area contributed by atoms with Crippen molar-refractivity contribution in [3.8, 4) is 0 Å². The molecule has 84 valence electrons. The van der Waals surface area contributed by atoms with Crippen LogP contribution in [-0.2, 0) is 9.84 Å². The van der Waals surface area contributed by atoms with Gasteiger partial charge >= 0.3 is 0 Å². The molecule has 0 aromatic carbocycles. The van der Waals surface area contributed by atoms with Gasteiger partial charge in [-0.05, 0) is 6.92 Å². The van der Waals surface area contributed by atoms with Gasteiger partial charge in [0, 0.05) is 24.6 Å². The van der Waals surface area contributed by atoms with Gasteiger partial charge in [-0.25, -0.2) is 13.4 Å². The topological polar surface area (TPSA) is 98.0 Å². The third-order valence-corrected chi connectivity index (χ3v) is 2.60.